The van der Waals surface area contributed by atoms with Crippen molar-refractivity contribution in [3.05, 3.63) is 42.3 Å². The molecule has 0 saturated carbocycles. The average molecular weight is 263 g/mol. The fraction of sp³-hybridized carbons (Fsp3) is 0.0833. The molecule has 0 unspecified atom stereocenters. The highest BCUT2D eigenvalue weighted by Gasteiger charge is 2.17. The molecule has 3 aromatic rings. The second-order valence-corrected chi connectivity index (χ2v) is 3.85. The van der Waals surface area contributed by atoms with Crippen molar-refractivity contribution in [1.29, 1.82) is 0 Å². The van der Waals surface area contributed by atoms with E-state index in [4.69, 9.17) is 4.42 Å². The van der Waals surface area contributed by atoms with E-state index in [-0.39, 0.29) is 11.3 Å². The minimum atomic E-state index is -2.66. The van der Waals surface area contributed by atoms with E-state index in [1.165, 1.54) is 35.5 Å². The Morgan fingerprint density at radius 2 is 2.21 bits per heavy atom. The van der Waals surface area contributed by atoms with E-state index in [1.54, 1.807) is 0 Å². The van der Waals surface area contributed by atoms with Crippen molar-refractivity contribution >= 4 is 11.9 Å². The Morgan fingerprint density at radius 1 is 1.37 bits per heavy atom. The Hall–Kier alpha value is -2.57. The number of carbonyl (C=O) groups excluding carboxylic acids is 1. The molecule has 3 aromatic heterocycles. The summed E-state index contributed by atoms with van der Waals surface area (Å²) in [5, 5.41) is 0. The van der Waals surface area contributed by atoms with E-state index in [1.807, 2.05) is 0 Å². The third kappa shape index (κ3) is 1.79. The number of rotatable bonds is 3. The molecule has 0 radical (unpaired) electrons. The summed E-state index contributed by atoms with van der Waals surface area (Å²) in [5.41, 5.74) is 0.699. The molecule has 96 valence electrons. The molecule has 5 nitrogen and oxygen atoms in total. The average Bonchev–Trinajstić information content (AvgIpc) is 3.06. The summed E-state index contributed by atoms with van der Waals surface area (Å²) in [6, 6.07) is 1.28. The van der Waals surface area contributed by atoms with E-state index in [2.05, 4.69) is 9.97 Å². The molecular formula is C12H7F2N3O2. The molecule has 0 aliphatic rings. The van der Waals surface area contributed by atoms with Gasteiger partial charge in [0.1, 0.15) is 11.3 Å². The first kappa shape index (κ1) is 11.5. The number of imidazole rings is 1. The first-order valence-corrected chi connectivity index (χ1v) is 5.34. The van der Waals surface area contributed by atoms with Crippen LogP contribution in [0.4, 0.5) is 8.78 Å². The summed E-state index contributed by atoms with van der Waals surface area (Å²) in [7, 11) is 0. The molecule has 19 heavy (non-hydrogen) atoms. The lowest BCUT2D eigenvalue weighted by atomic mass is 10.1. The number of fused-ring (bicyclic) bond motifs is 1. The second-order valence-electron chi connectivity index (χ2n) is 3.85. The molecule has 0 spiro atoms. The van der Waals surface area contributed by atoms with Crippen LogP contribution in [-0.4, -0.2) is 20.7 Å². The maximum atomic E-state index is 12.9. The van der Waals surface area contributed by atoms with Gasteiger partial charge in [0.05, 0.1) is 18.0 Å². The first-order valence-electron chi connectivity index (χ1n) is 5.34. The van der Waals surface area contributed by atoms with Gasteiger partial charge in [-0.2, -0.15) is 0 Å². The highest BCUT2D eigenvalue weighted by molar-refractivity contribution is 5.80. The van der Waals surface area contributed by atoms with Crippen molar-refractivity contribution in [3.63, 3.8) is 0 Å². The SMILES string of the molecule is O=Cc1cnc2c(-c3cnco3)cc(C(F)F)cn12. The predicted molar refractivity (Wildman–Crippen MR) is 61.0 cm³/mol. The highest BCUT2D eigenvalue weighted by Crippen LogP contribution is 2.29. The number of oxazole rings is 1. The maximum absolute atomic E-state index is 12.9. The minimum Gasteiger partial charge on any atom is -0.443 e. The second kappa shape index (κ2) is 4.27. The van der Waals surface area contributed by atoms with Crippen LogP contribution in [0.15, 0.2) is 35.5 Å². The minimum absolute atomic E-state index is 0.193. The maximum Gasteiger partial charge on any atom is 0.265 e. The molecule has 0 fully saturated rings. The number of halogens is 2. The van der Waals surface area contributed by atoms with E-state index >= 15 is 0 Å². The summed E-state index contributed by atoms with van der Waals surface area (Å²) in [6.07, 6.45) is 3.01. The van der Waals surface area contributed by atoms with Gasteiger partial charge in [0, 0.05) is 11.8 Å². The fourth-order valence-corrected chi connectivity index (χ4v) is 1.86. The summed E-state index contributed by atoms with van der Waals surface area (Å²) in [5.74, 6) is 0.315. The number of nitrogens with zero attached hydrogens (tertiary/aromatic N) is 3. The number of carbonyl (C=O) groups is 1. The van der Waals surface area contributed by atoms with Gasteiger partial charge in [-0.3, -0.25) is 9.20 Å². The van der Waals surface area contributed by atoms with Gasteiger partial charge in [0.15, 0.2) is 18.4 Å². The van der Waals surface area contributed by atoms with Crippen LogP contribution < -0.4 is 0 Å². The van der Waals surface area contributed by atoms with Crippen LogP contribution >= 0.6 is 0 Å². The normalized spacial score (nSPS) is 11.3. The molecule has 3 rings (SSSR count). The van der Waals surface area contributed by atoms with Gasteiger partial charge in [-0.15, -0.1) is 0 Å². The van der Waals surface area contributed by atoms with Gasteiger partial charge in [-0.1, -0.05) is 0 Å². The summed E-state index contributed by atoms with van der Waals surface area (Å²) < 4.78 is 32.2. The van der Waals surface area contributed by atoms with Crippen LogP contribution in [0.2, 0.25) is 0 Å². The van der Waals surface area contributed by atoms with Crippen molar-refractivity contribution in [2.75, 3.05) is 0 Å². The van der Waals surface area contributed by atoms with Gasteiger partial charge in [-0.05, 0) is 6.07 Å². The van der Waals surface area contributed by atoms with Gasteiger partial charge < -0.3 is 4.42 Å². The van der Waals surface area contributed by atoms with E-state index in [9.17, 15) is 13.6 Å². The number of aromatic nitrogens is 3. The fourth-order valence-electron chi connectivity index (χ4n) is 1.86. The number of aldehydes is 1. The van der Waals surface area contributed by atoms with E-state index in [0.29, 0.717) is 23.3 Å². The molecule has 0 N–H and O–H groups in total. The van der Waals surface area contributed by atoms with Gasteiger partial charge in [-0.25, -0.2) is 18.7 Å². The van der Waals surface area contributed by atoms with E-state index < -0.39 is 6.43 Å². The number of hydrogen-bond acceptors (Lipinski definition) is 4. The summed E-state index contributed by atoms with van der Waals surface area (Å²) in [6.45, 7) is 0. The van der Waals surface area contributed by atoms with Gasteiger partial charge in [0.2, 0.25) is 0 Å². The standard InChI is InChI=1S/C12H7F2N3O2/c13-11(14)7-1-9(10-3-15-6-19-10)12-16-2-8(5-18)17(12)4-7/h1-6,11H. The Kier molecular flexibility index (Phi) is 2.59. The number of hydrogen-bond donors (Lipinski definition) is 0. The zero-order chi connectivity index (χ0) is 13.4. The molecule has 0 aliphatic heterocycles. The van der Waals surface area contributed by atoms with Crippen LogP contribution in [0, 0.1) is 0 Å². The number of pyridine rings is 1. The molecule has 0 saturated heterocycles. The van der Waals surface area contributed by atoms with Crippen LogP contribution in [-0.2, 0) is 0 Å². The van der Waals surface area contributed by atoms with Gasteiger partial charge >= 0.3 is 0 Å². The summed E-state index contributed by atoms with van der Waals surface area (Å²) in [4.78, 5) is 18.7. The quantitative estimate of drug-likeness (QED) is 0.682. The lowest BCUT2D eigenvalue weighted by Crippen LogP contribution is -1.97. The Bertz CT molecular complexity index is 735. The topological polar surface area (TPSA) is 60.4 Å². The third-order valence-corrected chi connectivity index (χ3v) is 2.73. The molecular weight excluding hydrogens is 256 g/mol. The van der Waals surface area contributed by atoms with Crippen molar-refractivity contribution in [2.24, 2.45) is 0 Å². The molecule has 0 atom stereocenters. The van der Waals surface area contributed by atoms with Gasteiger partial charge in [0.25, 0.3) is 6.43 Å². The molecule has 0 amide bonds. The first-order chi connectivity index (χ1) is 9.20. The Balaban J connectivity index is 2.36. The van der Waals surface area contributed by atoms with Crippen LogP contribution in [0.5, 0.6) is 0 Å². The molecule has 0 aromatic carbocycles. The van der Waals surface area contributed by atoms with Crippen molar-refractivity contribution < 1.29 is 18.0 Å². The third-order valence-electron chi connectivity index (χ3n) is 2.73. The smallest absolute Gasteiger partial charge is 0.265 e. The Morgan fingerprint density at radius 3 is 2.84 bits per heavy atom. The predicted octanol–water partition coefficient (Wildman–Crippen LogP) is 2.74. The van der Waals surface area contributed by atoms with Crippen LogP contribution in [0.3, 0.4) is 0 Å². The lowest BCUT2D eigenvalue weighted by Gasteiger charge is -2.06. The molecule has 7 heteroatoms. The van der Waals surface area contributed by atoms with E-state index in [0.717, 1.165) is 0 Å². The van der Waals surface area contributed by atoms with Crippen molar-refractivity contribution in [2.45, 2.75) is 6.43 Å². The lowest BCUT2D eigenvalue weighted by molar-refractivity contribution is 0.111. The zero-order valence-corrected chi connectivity index (χ0v) is 9.46. The highest BCUT2D eigenvalue weighted by atomic mass is 19.3. The summed E-state index contributed by atoms with van der Waals surface area (Å²) >= 11 is 0. The van der Waals surface area contributed by atoms with Crippen molar-refractivity contribution in [3.8, 4) is 11.3 Å². The zero-order valence-electron chi connectivity index (χ0n) is 9.46. The number of alkyl halides is 2. The molecule has 3 heterocycles. The Labute approximate surface area is 105 Å². The molecule has 0 bridgehead atoms. The molecule has 0 aliphatic carbocycles. The van der Waals surface area contributed by atoms with Crippen LogP contribution in [0.25, 0.3) is 17.0 Å². The van der Waals surface area contributed by atoms with Crippen molar-refractivity contribution in [1.82, 2.24) is 14.4 Å². The monoisotopic (exact) mass is 263 g/mol. The van der Waals surface area contributed by atoms with Crippen LogP contribution in [0.1, 0.15) is 22.5 Å². The largest absolute Gasteiger partial charge is 0.443 e.